The lowest BCUT2D eigenvalue weighted by Gasteiger charge is -2.31. The molecule has 1 saturated heterocycles. The minimum Gasteiger partial charge on any atom is -0.356 e. The Kier molecular flexibility index (Phi) is 4.31. The number of aromatic amines is 1. The van der Waals surface area contributed by atoms with Gasteiger partial charge in [-0.15, -0.1) is 0 Å². The Balaban J connectivity index is 1.71. The molecule has 0 atom stereocenters. The summed E-state index contributed by atoms with van der Waals surface area (Å²) >= 11 is 0. The first-order valence-electron chi connectivity index (χ1n) is 7.56. The van der Waals surface area contributed by atoms with Crippen molar-refractivity contribution in [3.8, 4) is 0 Å². The summed E-state index contributed by atoms with van der Waals surface area (Å²) in [5.41, 5.74) is -0.234. The van der Waals surface area contributed by atoms with Gasteiger partial charge in [0.05, 0.1) is 0 Å². The maximum absolute atomic E-state index is 12.1. The Bertz CT molecular complexity index is 731. The second-order valence-corrected chi connectivity index (χ2v) is 5.69. The topological polar surface area (TPSA) is 104 Å². The molecular formula is C15H18N6O2. The minimum absolute atomic E-state index is 0.122. The number of anilines is 2. The zero-order valence-corrected chi connectivity index (χ0v) is 12.8. The molecule has 0 aliphatic carbocycles. The molecule has 2 aromatic rings. The SMILES string of the molecule is CC1CCN(c2cc(NC(=O)c3ccc(=O)[nH]n3)ncn2)CC1. The van der Waals surface area contributed by atoms with Crippen molar-refractivity contribution in [2.75, 3.05) is 23.3 Å². The number of H-pyrrole nitrogens is 1. The van der Waals surface area contributed by atoms with Crippen LogP contribution in [0.5, 0.6) is 0 Å². The molecule has 1 fully saturated rings. The van der Waals surface area contributed by atoms with Gasteiger partial charge in [0.2, 0.25) is 0 Å². The zero-order valence-electron chi connectivity index (χ0n) is 12.8. The third kappa shape index (κ3) is 3.71. The third-order valence-electron chi connectivity index (χ3n) is 3.91. The van der Waals surface area contributed by atoms with Crippen molar-refractivity contribution in [1.29, 1.82) is 0 Å². The molecular weight excluding hydrogens is 296 g/mol. The van der Waals surface area contributed by atoms with E-state index >= 15 is 0 Å². The van der Waals surface area contributed by atoms with E-state index in [1.807, 2.05) is 0 Å². The number of nitrogens with zero attached hydrogens (tertiary/aromatic N) is 4. The number of carbonyl (C=O) groups is 1. The molecule has 0 radical (unpaired) electrons. The number of aromatic nitrogens is 4. The van der Waals surface area contributed by atoms with E-state index < -0.39 is 5.91 Å². The summed E-state index contributed by atoms with van der Waals surface area (Å²) in [4.78, 5) is 33.6. The Labute approximate surface area is 133 Å². The molecule has 3 rings (SSSR count). The van der Waals surface area contributed by atoms with Gasteiger partial charge >= 0.3 is 0 Å². The van der Waals surface area contributed by atoms with Crippen molar-refractivity contribution in [2.45, 2.75) is 19.8 Å². The van der Waals surface area contributed by atoms with E-state index in [9.17, 15) is 9.59 Å². The highest BCUT2D eigenvalue weighted by Gasteiger charge is 2.18. The fraction of sp³-hybridized carbons (Fsp3) is 0.400. The first kappa shape index (κ1) is 15.1. The van der Waals surface area contributed by atoms with Gasteiger partial charge in [-0.1, -0.05) is 6.92 Å². The lowest BCUT2D eigenvalue weighted by molar-refractivity contribution is 0.102. The fourth-order valence-electron chi connectivity index (χ4n) is 2.48. The Morgan fingerprint density at radius 3 is 2.78 bits per heavy atom. The quantitative estimate of drug-likeness (QED) is 0.877. The number of piperidine rings is 1. The van der Waals surface area contributed by atoms with Crippen LogP contribution >= 0.6 is 0 Å². The van der Waals surface area contributed by atoms with Crippen LogP contribution in [0.4, 0.5) is 11.6 Å². The van der Waals surface area contributed by atoms with Gasteiger partial charge in [-0.25, -0.2) is 15.1 Å². The van der Waals surface area contributed by atoms with Crippen molar-refractivity contribution in [3.05, 3.63) is 40.6 Å². The summed E-state index contributed by atoms with van der Waals surface area (Å²) in [5, 5.41) is 8.58. The smallest absolute Gasteiger partial charge is 0.277 e. The van der Waals surface area contributed by atoms with Crippen molar-refractivity contribution in [1.82, 2.24) is 20.2 Å². The van der Waals surface area contributed by atoms with Gasteiger partial charge in [-0.3, -0.25) is 9.59 Å². The Morgan fingerprint density at radius 1 is 1.30 bits per heavy atom. The van der Waals surface area contributed by atoms with Gasteiger partial charge in [-0.2, -0.15) is 5.10 Å². The fourth-order valence-corrected chi connectivity index (χ4v) is 2.48. The maximum Gasteiger partial charge on any atom is 0.277 e. The molecule has 1 aliphatic rings. The molecule has 23 heavy (non-hydrogen) atoms. The molecule has 8 nitrogen and oxygen atoms in total. The molecule has 1 amide bonds. The molecule has 120 valence electrons. The van der Waals surface area contributed by atoms with Crippen molar-refractivity contribution in [2.24, 2.45) is 5.92 Å². The van der Waals surface area contributed by atoms with Gasteiger partial charge in [0.15, 0.2) is 0 Å². The molecule has 0 aromatic carbocycles. The molecule has 0 bridgehead atoms. The summed E-state index contributed by atoms with van der Waals surface area (Å²) in [6.45, 7) is 4.15. The highest BCUT2D eigenvalue weighted by atomic mass is 16.2. The maximum atomic E-state index is 12.1. The number of nitrogens with one attached hydrogen (secondary N) is 2. The van der Waals surface area contributed by atoms with E-state index in [-0.39, 0.29) is 11.3 Å². The van der Waals surface area contributed by atoms with Crippen LogP contribution in [0.15, 0.2) is 29.3 Å². The average Bonchev–Trinajstić information content (AvgIpc) is 2.56. The average molecular weight is 314 g/mol. The second kappa shape index (κ2) is 6.55. The number of amides is 1. The number of rotatable bonds is 3. The van der Waals surface area contributed by atoms with Crippen LogP contribution in [-0.4, -0.2) is 39.2 Å². The highest BCUT2D eigenvalue weighted by Crippen LogP contribution is 2.22. The lowest BCUT2D eigenvalue weighted by Crippen LogP contribution is -2.33. The van der Waals surface area contributed by atoms with Crippen molar-refractivity contribution in [3.63, 3.8) is 0 Å². The lowest BCUT2D eigenvalue weighted by atomic mass is 9.99. The first-order valence-corrected chi connectivity index (χ1v) is 7.56. The molecule has 2 aromatic heterocycles. The minimum atomic E-state index is -0.432. The first-order chi connectivity index (χ1) is 11.1. The molecule has 3 heterocycles. The van der Waals surface area contributed by atoms with E-state index in [0.717, 1.165) is 37.7 Å². The normalized spacial score (nSPS) is 15.4. The molecule has 8 heteroatoms. The molecule has 0 unspecified atom stereocenters. The predicted octanol–water partition coefficient (Wildman–Crippen LogP) is 1.05. The third-order valence-corrected chi connectivity index (χ3v) is 3.91. The van der Waals surface area contributed by atoms with Crippen LogP contribution in [0.1, 0.15) is 30.3 Å². The zero-order chi connectivity index (χ0) is 16.2. The Hall–Kier alpha value is -2.77. The molecule has 0 saturated carbocycles. The van der Waals surface area contributed by atoms with E-state index in [4.69, 9.17) is 0 Å². The second-order valence-electron chi connectivity index (χ2n) is 5.69. The number of hydrogen-bond acceptors (Lipinski definition) is 6. The summed E-state index contributed by atoms with van der Waals surface area (Å²) < 4.78 is 0. The van der Waals surface area contributed by atoms with E-state index in [1.165, 1.54) is 18.5 Å². The van der Waals surface area contributed by atoms with Crippen LogP contribution in [-0.2, 0) is 0 Å². The molecule has 1 aliphatic heterocycles. The van der Waals surface area contributed by atoms with Crippen LogP contribution in [0.3, 0.4) is 0 Å². The van der Waals surface area contributed by atoms with Crippen LogP contribution in [0.25, 0.3) is 0 Å². The largest absolute Gasteiger partial charge is 0.356 e. The van der Waals surface area contributed by atoms with Crippen molar-refractivity contribution >= 4 is 17.5 Å². The summed E-state index contributed by atoms with van der Waals surface area (Å²) in [7, 11) is 0. The molecule has 0 spiro atoms. The van der Waals surface area contributed by atoms with E-state index in [1.54, 1.807) is 6.07 Å². The van der Waals surface area contributed by atoms with Crippen molar-refractivity contribution < 1.29 is 4.79 Å². The summed E-state index contributed by atoms with van der Waals surface area (Å²) in [5.74, 6) is 1.51. The standard InChI is InChI=1S/C15H18N6O2/c1-10-4-6-21(7-5-10)13-8-12(16-9-17-13)18-15(23)11-2-3-14(22)20-19-11/h2-3,8-10H,4-7H2,1H3,(H,20,22)(H,16,17,18,23). The predicted molar refractivity (Wildman–Crippen MR) is 85.5 cm³/mol. The Morgan fingerprint density at radius 2 is 2.09 bits per heavy atom. The van der Waals surface area contributed by atoms with Crippen LogP contribution in [0.2, 0.25) is 0 Å². The molecule has 2 N–H and O–H groups in total. The summed E-state index contributed by atoms with van der Waals surface area (Å²) in [6.07, 6.45) is 3.70. The van der Waals surface area contributed by atoms with Gasteiger partial charge in [0.1, 0.15) is 23.7 Å². The van der Waals surface area contributed by atoms with Gasteiger partial charge in [0.25, 0.3) is 11.5 Å². The van der Waals surface area contributed by atoms with E-state index in [0.29, 0.717) is 5.82 Å². The van der Waals surface area contributed by atoms with Gasteiger partial charge in [0, 0.05) is 25.2 Å². The monoisotopic (exact) mass is 314 g/mol. The number of carbonyl (C=O) groups excluding carboxylic acids is 1. The highest BCUT2D eigenvalue weighted by molar-refractivity contribution is 6.02. The van der Waals surface area contributed by atoms with Gasteiger partial charge < -0.3 is 10.2 Å². The summed E-state index contributed by atoms with van der Waals surface area (Å²) in [6, 6.07) is 4.37. The van der Waals surface area contributed by atoms with Crippen LogP contribution in [0, 0.1) is 5.92 Å². The number of hydrogen-bond donors (Lipinski definition) is 2. The van der Waals surface area contributed by atoms with E-state index in [2.05, 4.69) is 37.3 Å². The van der Waals surface area contributed by atoms with Crippen LogP contribution < -0.4 is 15.8 Å². The van der Waals surface area contributed by atoms with Gasteiger partial charge in [-0.05, 0) is 24.8 Å².